The maximum atomic E-state index is 6.48. The lowest BCUT2D eigenvalue weighted by Gasteiger charge is -2.03. The van der Waals surface area contributed by atoms with E-state index in [2.05, 4.69) is 107 Å². The zero-order chi connectivity index (χ0) is 23.5. The number of para-hydroxylation sites is 2. The molecular formula is C32H19N3O. The fourth-order valence-corrected chi connectivity index (χ4v) is 6.33. The van der Waals surface area contributed by atoms with Crippen LogP contribution in [-0.4, -0.2) is 14.0 Å². The van der Waals surface area contributed by atoms with E-state index in [1.54, 1.807) is 0 Å². The highest BCUT2D eigenvalue weighted by Crippen LogP contribution is 2.43. The van der Waals surface area contributed by atoms with Gasteiger partial charge in [0.15, 0.2) is 0 Å². The molecule has 4 heterocycles. The Morgan fingerprint density at radius 1 is 0.611 bits per heavy atom. The van der Waals surface area contributed by atoms with Crippen LogP contribution in [0, 0.1) is 0 Å². The zero-order valence-corrected chi connectivity index (χ0v) is 19.5. The molecule has 4 nitrogen and oxygen atoms in total. The topological polar surface area (TPSA) is 35.4 Å². The van der Waals surface area contributed by atoms with Crippen LogP contribution in [0.2, 0.25) is 0 Å². The fourth-order valence-electron chi connectivity index (χ4n) is 6.33. The molecule has 0 fully saturated rings. The molecule has 9 aromatic rings. The number of hydrogen-bond donors (Lipinski definition) is 0. The van der Waals surface area contributed by atoms with Crippen molar-refractivity contribution in [3.63, 3.8) is 0 Å². The molecule has 0 N–H and O–H groups in total. The number of nitrogens with zero attached hydrogens (tertiary/aromatic N) is 3. The number of benzene rings is 5. The van der Waals surface area contributed by atoms with Gasteiger partial charge in [0.25, 0.3) is 0 Å². The molecular weight excluding hydrogens is 442 g/mol. The molecule has 9 rings (SSSR count). The van der Waals surface area contributed by atoms with Crippen LogP contribution in [0.3, 0.4) is 0 Å². The summed E-state index contributed by atoms with van der Waals surface area (Å²) in [7, 11) is 2.10. The number of aromatic nitrogens is 3. The molecule has 0 radical (unpaired) electrons. The van der Waals surface area contributed by atoms with E-state index in [4.69, 9.17) is 9.40 Å². The maximum Gasteiger partial charge on any atom is 0.140 e. The predicted octanol–water partition coefficient (Wildman–Crippen LogP) is 8.29. The van der Waals surface area contributed by atoms with Crippen molar-refractivity contribution < 1.29 is 4.42 Å². The van der Waals surface area contributed by atoms with Crippen molar-refractivity contribution in [3.8, 4) is 11.4 Å². The predicted molar refractivity (Wildman–Crippen MR) is 148 cm³/mol. The van der Waals surface area contributed by atoms with Gasteiger partial charge >= 0.3 is 0 Å². The van der Waals surface area contributed by atoms with E-state index < -0.39 is 0 Å². The molecule has 0 saturated carbocycles. The highest BCUT2D eigenvalue weighted by atomic mass is 16.3. The molecule has 0 atom stereocenters. The van der Waals surface area contributed by atoms with Gasteiger partial charge < -0.3 is 13.4 Å². The van der Waals surface area contributed by atoms with Crippen LogP contribution in [-0.2, 0) is 7.05 Å². The SMILES string of the molecule is Cn1c(-c2ccccc2)nc2ccc3oc4cc5c(cc4c3c21)c1cccc2c3ccccc3n5c21. The van der Waals surface area contributed by atoms with E-state index >= 15 is 0 Å². The number of hydrogen-bond acceptors (Lipinski definition) is 2. The van der Waals surface area contributed by atoms with Gasteiger partial charge in [-0.15, -0.1) is 0 Å². The summed E-state index contributed by atoms with van der Waals surface area (Å²) in [4.78, 5) is 5.00. The molecule has 4 aromatic heterocycles. The Balaban J connectivity index is 1.46. The van der Waals surface area contributed by atoms with Gasteiger partial charge in [-0.1, -0.05) is 66.7 Å². The second kappa shape index (κ2) is 6.23. The molecule has 0 unspecified atom stereocenters. The minimum atomic E-state index is 0.889. The van der Waals surface area contributed by atoms with Gasteiger partial charge in [0.05, 0.1) is 33.0 Å². The van der Waals surface area contributed by atoms with E-state index in [0.717, 1.165) is 44.4 Å². The number of rotatable bonds is 1. The largest absolute Gasteiger partial charge is 0.456 e. The van der Waals surface area contributed by atoms with Crippen LogP contribution >= 0.6 is 0 Å². The summed E-state index contributed by atoms with van der Waals surface area (Å²) >= 11 is 0. The van der Waals surface area contributed by atoms with Gasteiger partial charge in [-0.05, 0) is 24.3 Å². The second-order valence-corrected chi connectivity index (χ2v) is 9.69. The zero-order valence-electron chi connectivity index (χ0n) is 19.5. The summed E-state index contributed by atoms with van der Waals surface area (Å²) in [5, 5.41) is 7.35. The van der Waals surface area contributed by atoms with Crippen molar-refractivity contribution in [2.45, 2.75) is 0 Å². The Morgan fingerprint density at radius 3 is 2.28 bits per heavy atom. The quantitative estimate of drug-likeness (QED) is 0.246. The van der Waals surface area contributed by atoms with E-state index in [-0.39, 0.29) is 0 Å². The standard InChI is InChI=1S/C32H19N3O/c1-34-31-24(33-32(34)18-8-3-2-4-9-18)14-15-27-29(31)23-16-22-21-12-7-11-20-19-10-5-6-13-25(19)35(30(20)21)26(22)17-28(23)36-27/h2-17H,1H3. The highest BCUT2D eigenvalue weighted by molar-refractivity contribution is 6.27. The number of fused-ring (bicyclic) bond motifs is 11. The number of furan rings is 1. The molecule has 0 aliphatic carbocycles. The number of imidazole rings is 1. The normalized spacial score (nSPS) is 12.6. The van der Waals surface area contributed by atoms with Gasteiger partial charge in [0, 0.05) is 45.6 Å². The lowest BCUT2D eigenvalue weighted by Crippen LogP contribution is -1.92. The fraction of sp³-hybridized carbons (Fsp3) is 0.0312. The summed E-state index contributed by atoms with van der Waals surface area (Å²) in [6, 6.07) is 34.3. The molecule has 0 spiro atoms. The van der Waals surface area contributed by atoms with Crippen LogP contribution in [0.25, 0.3) is 82.5 Å². The molecule has 0 amide bonds. The van der Waals surface area contributed by atoms with Crippen LogP contribution in [0.15, 0.2) is 101 Å². The molecule has 168 valence electrons. The van der Waals surface area contributed by atoms with Crippen molar-refractivity contribution in [2.75, 3.05) is 0 Å². The minimum Gasteiger partial charge on any atom is -0.456 e. The molecule has 0 aliphatic rings. The van der Waals surface area contributed by atoms with E-state index in [1.807, 2.05) is 6.07 Å². The third kappa shape index (κ3) is 2.09. The van der Waals surface area contributed by atoms with Crippen LogP contribution in [0.1, 0.15) is 0 Å². The first-order chi connectivity index (χ1) is 17.8. The Hall–Kier alpha value is -4.83. The Kier molecular flexibility index (Phi) is 3.20. The third-order valence-electron chi connectivity index (χ3n) is 7.84. The lowest BCUT2D eigenvalue weighted by molar-refractivity contribution is 0.669. The average Bonchev–Trinajstić information content (AvgIpc) is 3.64. The van der Waals surface area contributed by atoms with E-state index in [1.165, 1.54) is 38.1 Å². The first-order valence-electron chi connectivity index (χ1n) is 12.2. The van der Waals surface area contributed by atoms with E-state index in [9.17, 15) is 0 Å². The minimum absolute atomic E-state index is 0.889. The van der Waals surface area contributed by atoms with Crippen molar-refractivity contribution in [2.24, 2.45) is 7.05 Å². The molecule has 0 aliphatic heterocycles. The monoisotopic (exact) mass is 461 g/mol. The molecule has 0 bridgehead atoms. The first kappa shape index (κ1) is 18.5. The van der Waals surface area contributed by atoms with Gasteiger partial charge in [-0.3, -0.25) is 0 Å². The van der Waals surface area contributed by atoms with Crippen LogP contribution in [0.5, 0.6) is 0 Å². The van der Waals surface area contributed by atoms with Gasteiger partial charge in [0.2, 0.25) is 0 Å². The Bertz CT molecular complexity index is 2320. The highest BCUT2D eigenvalue weighted by Gasteiger charge is 2.21. The lowest BCUT2D eigenvalue weighted by atomic mass is 10.1. The van der Waals surface area contributed by atoms with Crippen molar-refractivity contribution in [1.82, 2.24) is 14.0 Å². The summed E-state index contributed by atoms with van der Waals surface area (Å²) in [6.07, 6.45) is 0. The average molecular weight is 462 g/mol. The summed E-state index contributed by atoms with van der Waals surface area (Å²) in [6.45, 7) is 0. The smallest absolute Gasteiger partial charge is 0.140 e. The van der Waals surface area contributed by atoms with Crippen LogP contribution in [0.4, 0.5) is 0 Å². The molecule has 4 heteroatoms. The molecule has 0 saturated heterocycles. The van der Waals surface area contributed by atoms with Crippen molar-refractivity contribution in [3.05, 3.63) is 97.1 Å². The van der Waals surface area contributed by atoms with Gasteiger partial charge in [-0.25, -0.2) is 4.98 Å². The Morgan fingerprint density at radius 2 is 1.39 bits per heavy atom. The van der Waals surface area contributed by atoms with Gasteiger partial charge in [0.1, 0.15) is 17.0 Å². The number of aryl methyl sites for hydroxylation is 1. The molecule has 5 aromatic carbocycles. The summed E-state index contributed by atoms with van der Waals surface area (Å²) in [5.41, 5.74) is 8.67. The third-order valence-corrected chi connectivity index (χ3v) is 7.84. The molecule has 36 heavy (non-hydrogen) atoms. The summed E-state index contributed by atoms with van der Waals surface area (Å²) in [5.74, 6) is 0.959. The van der Waals surface area contributed by atoms with Crippen molar-refractivity contribution >= 4 is 71.1 Å². The second-order valence-electron chi connectivity index (χ2n) is 9.69. The van der Waals surface area contributed by atoms with Crippen LogP contribution < -0.4 is 0 Å². The first-order valence-corrected chi connectivity index (χ1v) is 12.2. The van der Waals surface area contributed by atoms with E-state index in [0.29, 0.717) is 0 Å². The van der Waals surface area contributed by atoms with Gasteiger partial charge in [-0.2, -0.15) is 0 Å². The summed E-state index contributed by atoms with van der Waals surface area (Å²) < 4.78 is 11.1. The Labute approximate surface area is 204 Å². The van der Waals surface area contributed by atoms with Crippen molar-refractivity contribution in [1.29, 1.82) is 0 Å². The maximum absolute atomic E-state index is 6.48.